The third kappa shape index (κ3) is 6.88. The molecule has 0 aliphatic heterocycles. The summed E-state index contributed by atoms with van der Waals surface area (Å²) in [5, 5.41) is 5.08. The van der Waals surface area contributed by atoms with Crippen LogP contribution in [0, 0.1) is 5.92 Å². The van der Waals surface area contributed by atoms with E-state index < -0.39 is 12.0 Å². The number of carbonyl (C=O) groups excluding carboxylic acids is 3. The Bertz CT molecular complexity index is 302. The number of methoxy groups -OCH3 is 1. The summed E-state index contributed by atoms with van der Waals surface area (Å²) in [6.45, 7) is 5.44. The van der Waals surface area contributed by atoms with Crippen LogP contribution in [0.25, 0.3) is 0 Å². The normalized spacial score (nSPS) is 11.8. The molecule has 2 N–H and O–H groups in total. The zero-order chi connectivity index (χ0) is 14.1. The third-order valence-electron chi connectivity index (χ3n) is 2.31. The van der Waals surface area contributed by atoms with Crippen molar-refractivity contribution < 1.29 is 19.1 Å². The Balaban J connectivity index is 4.39. The minimum absolute atomic E-state index is 0.186. The first-order chi connectivity index (χ1) is 8.40. The number of carbonyl (C=O) groups is 3. The first-order valence-corrected chi connectivity index (χ1v) is 6.04. The number of hydrogen-bond acceptors (Lipinski definition) is 4. The molecule has 104 valence electrons. The molecule has 0 heterocycles. The monoisotopic (exact) mass is 258 g/mol. The molecule has 0 spiro atoms. The van der Waals surface area contributed by atoms with Crippen molar-refractivity contribution in [2.75, 3.05) is 13.7 Å². The fourth-order valence-electron chi connectivity index (χ4n) is 1.35. The van der Waals surface area contributed by atoms with Gasteiger partial charge in [0, 0.05) is 6.42 Å². The third-order valence-corrected chi connectivity index (χ3v) is 2.31. The highest BCUT2D eigenvalue weighted by Crippen LogP contribution is 2.05. The lowest BCUT2D eigenvalue weighted by Gasteiger charge is -2.19. The van der Waals surface area contributed by atoms with Crippen LogP contribution in [0.1, 0.15) is 33.6 Å². The highest BCUT2D eigenvalue weighted by Gasteiger charge is 2.21. The van der Waals surface area contributed by atoms with Crippen molar-refractivity contribution in [3.05, 3.63) is 0 Å². The summed E-state index contributed by atoms with van der Waals surface area (Å²) in [6.07, 6.45) is 0.845. The van der Waals surface area contributed by atoms with Gasteiger partial charge in [-0.2, -0.15) is 0 Å². The summed E-state index contributed by atoms with van der Waals surface area (Å²) >= 11 is 0. The molecule has 0 aromatic carbocycles. The average Bonchev–Trinajstić information content (AvgIpc) is 2.33. The molecule has 0 aliphatic carbocycles. The smallest absolute Gasteiger partial charge is 0.325 e. The quantitative estimate of drug-likeness (QED) is 0.640. The number of esters is 1. The van der Waals surface area contributed by atoms with Crippen LogP contribution in [-0.4, -0.2) is 37.5 Å². The highest BCUT2D eigenvalue weighted by molar-refractivity contribution is 5.89. The largest absolute Gasteiger partial charge is 0.468 e. The fourth-order valence-corrected chi connectivity index (χ4v) is 1.35. The van der Waals surface area contributed by atoms with E-state index in [0.717, 1.165) is 0 Å². The summed E-state index contributed by atoms with van der Waals surface area (Å²) in [4.78, 5) is 34.1. The van der Waals surface area contributed by atoms with E-state index in [1.54, 1.807) is 6.92 Å². The van der Waals surface area contributed by atoms with Crippen LogP contribution >= 0.6 is 0 Å². The molecule has 18 heavy (non-hydrogen) atoms. The second kappa shape index (κ2) is 8.49. The predicted molar refractivity (Wildman–Crippen MR) is 66.7 cm³/mol. The minimum Gasteiger partial charge on any atom is -0.468 e. The zero-order valence-electron chi connectivity index (χ0n) is 11.4. The molecule has 0 bridgehead atoms. The summed E-state index contributed by atoms with van der Waals surface area (Å²) < 4.78 is 4.42. The molecule has 6 nitrogen and oxygen atoms in total. The van der Waals surface area contributed by atoms with E-state index in [4.69, 9.17) is 0 Å². The number of ether oxygens (including phenoxy) is 1. The van der Waals surface area contributed by atoms with Gasteiger partial charge in [0.15, 0.2) is 0 Å². The van der Waals surface area contributed by atoms with Gasteiger partial charge in [0.25, 0.3) is 0 Å². The second-order valence-corrected chi connectivity index (χ2v) is 4.40. The number of nitrogens with one attached hydrogen (secondary N) is 2. The maximum atomic E-state index is 11.8. The van der Waals surface area contributed by atoms with Gasteiger partial charge in [-0.3, -0.25) is 14.4 Å². The van der Waals surface area contributed by atoms with Gasteiger partial charge in [0.2, 0.25) is 11.8 Å². The predicted octanol–water partition coefficient (Wildman–Crippen LogP) is 0.217. The average molecular weight is 258 g/mol. The van der Waals surface area contributed by atoms with Crippen LogP contribution in [0.4, 0.5) is 0 Å². The van der Waals surface area contributed by atoms with Crippen LogP contribution < -0.4 is 10.6 Å². The van der Waals surface area contributed by atoms with Crippen molar-refractivity contribution in [3.63, 3.8) is 0 Å². The molecule has 0 saturated carbocycles. The van der Waals surface area contributed by atoms with Crippen molar-refractivity contribution >= 4 is 17.8 Å². The molecule has 0 aromatic heterocycles. The Hall–Kier alpha value is -1.59. The minimum atomic E-state index is -0.609. The second-order valence-electron chi connectivity index (χ2n) is 4.40. The van der Waals surface area contributed by atoms with Crippen molar-refractivity contribution in [3.8, 4) is 0 Å². The van der Waals surface area contributed by atoms with Gasteiger partial charge in [-0.25, -0.2) is 0 Å². The Morgan fingerprint density at radius 1 is 1.22 bits per heavy atom. The molecule has 0 fully saturated rings. The molecule has 2 amide bonds. The molecule has 0 saturated heterocycles. The Labute approximate surface area is 107 Å². The van der Waals surface area contributed by atoms with E-state index in [9.17, 15) is 14.4 Å². The Morgan fingerprint density at radius 3 is 2.28 bits per heavy atom. The van der Waals surface area contributed by atoms with Crippen LogP contribution in [-0.2, 0) is 19.1 Å². The first kappa shape index (κ1) is 16.4. The van der Waals surface area contributed by atoms with E-state index in [2.05, 4.69) is 15.4 Å². The molecule has 0 aromatic rings. The van der Waals surface area contributed by atoms with Gasteiger partial charge in [-0.1, -0.05) is 20.8 Å². The van der Waals surface area contributed by atoms with E-state index in [0.29, 0.717) is 12.8 Å². The molecule has 0 unspecified atom stereocenters. The van der Waals surface area contributed by atoms with E-state index in [1.165, 1.54) is 7.11 Å². The first-order valence-electron chi connectivity index (χ1n) is 6.04. The number of rotatable bonds is 7. The van der Waals surface area contributed by atoms with Crippen molar-refractivity contribution in [1.82, 2.24) is 10.6 Å². The molecular weight excluding hydrogens is 236 g/mol. The summed E-state index contributed by atoms with van der Waals surface area (Å²) in [6, 6.07) is -0.609. The van der Waals surface area contributed by atoms with Gasteiger partial charge >= 0.3 is 5.97 Å². The SMILES string of the molecule is CCC(=O)N[C@@H](CC(C)C)C(=O)NCC(=O)OC. The van der Waals surface area contributed by atoms with Crippen LogP contribution in [0.5, 0.6) is 0 Å². The van der Waals surface area contributed by atoms with Crippen molar-refractivity contribution in [2.45, 2.75) is 39.7 Å². The number of amides is 2. The molecule has 0 aliphatic rings. The van der Waals surface area contributed by atoms with Gasteiger partial charge in [0.05, 0.1) is 7.11 Å². The molecule has 1 atom stereocenters. The zero-order valence-corrected chi connectivity index (χ0v) is 11.4. The number of hydrogen-bond donors (Lipinski definition) is 2. The molecule has 0 radical (unpaired) electrons. The van der Waals surface area contributed by atoms with E-state index in [-0.39, 0.29) is 24.3 Å². The van der Waals surface area contributed by atoms with E-state index >= 15 is 0 Å². The van der Waals surface area contributed by atoms with Crippen molar-refractivity contribution in [2.24, 2.45) is 5.92 Å². The van der Waals surface area contributed by atoms with Crippen LogP contribution in [0.2, 0.25) is 0 Å². The lowest BCUT2D eigenvalue weighted by molar-refractivity contribution is -0.141. The summed E-state index contributed by atoms with van der Waals surface area (Å²) in [5.41, 5.74) is 0. The van der Waals surface area contributed by atoms with Crippen LogP contribution in [0.3, 0.4) is 0 Å². The topological polar surface area (TPSA) is 84.5 Å². The van der Waals surface area contributed by atoms with Crippen LogP contribution in [0.15, 0.2) is 0 Å². The Kier molecular flexibility index (Phi) is 7.74. The standard InChI is InChI=1S/C12H22N2O4/c1-5-10(15)14-9(6-8(2)3)12(17)13-7-11(16)18-4/h8-9H,5-7H2,1-4H3,(H,13,17)(H,14,15)/t9-/m0/s1. The Morgan fingerprint density at radius 2 is 1.83 bits per heavy atom. The maximum Gasteiger partial charge on any atom is 0.325 e. The fraction of sp³-hybridized carbons (Fsp3) is 0.750. The van der Waals surface area contributed by atoms with Gasteiger partial charge in [-0.15, -0.1) is 0 Å². The summed E-state index contributed by atoms with van der Waals surface area (Å²) in [5.74, 6) is -0.811. The molecule has 6 heteroatoms. The van der Waals surface area contributed by atoms with E-state index in [1.807, 2.05) is 13.8 Å². The molecular formula is C12H22N2O4. The molecule has 0 rings (SSSR count). The summed E-state index contributed by atoms with van der Waals surface area (Å²) in [7, 11) is 1.25. The van der Waals surface area contributed by atoms with Gasteiger partial charge in [-0.05, 0) is 12.3 Å². The van der Waals surface area contributed by atoms with Gasteiger partial charge in [0.1, 0.15) is 12.6 Å². The lowest BCUT2D eigenvalue weighted by atomic mass is 10.0. The highest BCUT2D eigenvalue weighted by atomic mass is 16.5. The van der Waals surface area contributed by atoms with Crippen molar-refractivity contribution in [1.29, 1.82) is 0 Å². The lowest BCUT2D eigenvalue weighted by Crippen LogP contribution is -2.48. The van der Waals surface area contributed by atoms with Gasteiger partial charge < -0.3 is 15.4 Å². The maximum absolute atomic E-state index is 11.8.